The van der Waals surface area contributed by atoms with Gasteiger partial charge in [0.15, 0.2) is 0 Å². The summed E-state index contributed by atoms with van der Waals surface area (Å²) in [6, 6.07) is 8.50. The minimum Gasteiger partial charge on any atom is -0.361 e. The number of anilines is 1. The van der Waals surface area contributed by atoms with Crippen LogP contribution in [0.15, 0.2) is 42.9 Å². The maximum Gasteiger partial charge on any atom is 0.277 e. The van der Waals surface area contributed by atoms with E-state index in [1.54, 1.807) is 5.48 Å². The predicted octanol–water partition coefficient (Wildman–Crippen LogP) is 2.99. The number of fused-ring (bicyclic) bond motifs is 1. The molecular weight excluding hydrogens is 416 g/mol. The third-order valence-electron chi connectivity index (χ3n) is 6.70. The molecule has 0 saturated carbocycles. The van der Waals surface area contributed by atoms with Crippen molar-refractivity contribution in [3.05, 3.63) is 54.0 Å². The Kier molecular flexibility index (Phi) is 6.13. The minimum atomic E-state index is -0.597. The van der Waals surface area contributed by atoms with Gasteiger partial charge in [0.05, 0.1) is 5.56 Å². The van der Waals surface area contributed by atoms with Gasteiger partial charge in [-0.1, -0.05) is 18.2 Å². The molecule has 0 radical (unpaired) electrons. The molecule has 3 N–H and O–H groups in total. The molecule has 3 aromatic rings. The Morgan fingerprint density at radius 3 is 2.58 bits per heavy atom. The summed E-state index contributed by atoms with van der Waals surface area (Å²) in [5, 5.41) is 10.0. The first-order chi connectivity index (χ1) is 14.7. The van der Waals surface area contributed by atoms with E-state index in [-0.39, 0.29) is 18.0 Å². The van der Waals surface area contributed by atoms with Crippen LogP contribution in [0.1, 0.15) is 35.2 Å². The number of hydrogen-bond acceptors (Lipinski definition) is 6. The minimum absolute atomic E-state index is 0. The van der Waals surface area contributed by atoms with Crippen LogP contribution in [0, 0.1) is 5.41 Å². The van der Waals surface area contributed by atoms with E-state index in [1.165, 1.54) is 35.3 Å². The second-order valence-corrected chi connectivity index (χ2v) is 8.52. The standard InChI is InChI=1S/C22H26N6O2.ClH/c29-20(26-30)16-11-24-21(25-12-16)28-9-6-22(7-10-28)5-8-27(15-22)14-17-13-23-19-4-2-1-3-18(17)19;/h1-4,11-13,23,30H,5-10,14-15H2,(H,26,29);1H. The molecule has 2 aromatic heterocycles. The Bertz CT molecular complexity index is 1050. The zero-order valence-electron chi connectivity index (χ0n) is 17.3. The number of aromatic nitrogens is 3. The zero-order valence-corrected chi connectivity index (χ0v) is 18.1. The number of hydrogen-bond donors (Lipinski definition) is 3. The van der Waals surface area contributed by atoms with Gasteiger partial charge in [0.2, 0.25) is 5.95 Å². The Balaban J connectivity index is 0.00000231. The number of H-pyrrole nitrogens is 1. The lowest BCUT2D eigenvalue weighted by atomic mass is 9.78. The number of likely N-dealkylation sites (tertiary alicyclic amines) is 1. The van der Waals surface area contributed by atoms with E-state index >= 15 is 0 Å². The molecule has 5 rings (SSSR count). The number of amides is 1. The first-order valence-corrected chi connectivity index (χ1v) is 10.4. The normalized spacial score (nSPS) is 18.3. The molecule has 1 spiro atoms. The number of piperidine rings is 1. The van der Waals surface area contributed by atoms with Gasteiger partial charge in [0, 0.05) is 55.7 Å². The summed E-state index contributed by atoms with van der Waals surface area (Å²) < 4.78 is 0. The molecule has 1 aromatic carbocycles. The first-order valence-electron chi connectivity index (χ1n) is 10.4. The average molecular weight is 443 g/mol. The van der Waals surface area contributed by atoms with Gasteiger partial charge in [-0.25, -0.2) is 15.4 Å². The monoisotopic (exact) mass is 442 g/mol. The van der Waals surface area contributed by atoms with E-state index in [9.17, 15) is 4.79 Å². The van der Waals surface area contributed by atoms with E-state index in [0.29, 0.717) is 11.4 Å². The largest absolute Gasteiger partial charge is 0.361 e. The van der Waals surface area contributed by atoms with Crippen molar-refractivity contribution in [2.75, 3.05) is 31.1 Å². The van der Waals surface area contributed by atoms with Crippen molar-refractivity contribution >= 4 is 35.2 Å². The maximum absolute atomic E-state index is 11.4. The maximum atomic E-state index is 11.4. The van der Waals surface area contributed by atoms with E-state index in [1.807, 2.05) is 0 Å². The summed E-state index contributed by atoms with van der Waals surface area (Å²) in [5.74, 6) is 0.0494. The van der Waals surface area contributed by atoms with Crippen molar-refractivity contribution in [1.29, 1.82) is 0 Å². The predicted molar refractivity (Wildman–Crippen MR) is 121 cm³/mol. The number of hydroxylamine groups is 1. The average Bonchev–Trinajstić information content (AvgIpc) is 3.38. The zero-order chi connectivity index (χ0) is 20.6. The van der Waals surface area contributed by atoms with Gasteiger partial charge in [0.1, 0.15) is 0 Å². The molecule has 9 heteroatoms. The Hall–Kier alpha value is -2.68. The van der Waals surface area contributed by atoms with Gasteiger partial charge in [0.25, 0.3) is 5.91 Å². The molecule has 2 aliphatic heterocycles. The van der Waals surface area contributed by atoms with Gasteiger partial charge >= 0.3 is 0 Å². The molecule has 164 valence electrons. The fraction of sp³-hybridized carbons (Fsp3) is 0.409. The van der Waals surface area contributed by atoms with Crippen molar-refractivity contribution < 1.29 is 10.0 Å². The number of carbonyl (C=O) groups excluding carboxylic acids is 1. The number of rotatable bonds is 4. The highest BCUT2D eigenvalue weighted by Crippen LogP contribution is 2.41. The summed E-state index contributed by atoms with van der Waals surface area (Å²) in [5.41, 5.74) is 4.81. The van der Waals surface area contributed by atoms with Gasteiger partial charge in [-0.3, -0.25) is 14.9 Å². The van der Waals surface area contributed by atoms with Crippen LogP contribution in [0.4, 0.5) is 5.95 Å². The molecule has 0 unspecified atom stereocenters. The van der Waals surface area contributed by atoms with Crippen LogP contribution in [0.3, 0.4) is 0 Å². The van der Waals surface area contributed by atoms with Crippen LogP contribution in [-0.2, 0) is 6.54 Å². The number of halogens is 1. The summed E-state index contributed by atoms with van der Waals surface area (Å²) >= 11 is 0. The lowest BCUT2D eigenvalue weighted by Gasteiger charge is -2.39. The molecule has 4 heterocycles. The van der Waals surface area contributed by atoms with Crippen molar-refractivity contribution in [2.24, 2.45) is 5.41 Å². The highest BCUT2D eigenvalue weighted by molar-refractivity contribution is 5.92. The number of nitrogens with zero attached hydrogens (tertiary/aromatic N) is 4. The molecule has 0 aliphatic carbocycles. The molecule has 0 bridgehead atoms. The topological polar surface area (TPSA) is 97.4 Å². The van der Waals surface area contributed by atoms with E-state index in [4.69, 9.17) is 5.21 Å². The number of nitrogens with one attached hydrogen (secondary N) is 2. The van der Waals surface area contributed by atoms with Crippen LogP contribution in [0.5, 0.6) is 0 Å². The number of aromatic amines is 1. The third kappa shape index (κ3) is 4.23. The Morgan fingerprint density at radius 1 is 1.13 bits per heavy atom. The van der Waals surface area contributed by atoms with Gasteiger partial charge in [-0.2, -0.15) is 0 Å². The van der Waals surface area contributed by atoms with Crippen molar-refractivity contribution in [3.63, 3.8) is 0 Å². The second kappa shape index (κ2) is 8.82. The van der Waals surface area contributed by atoms with Gasteiger partial charge in [-0.15, -0.1) is 12.4 Å². The molecule has 2 aliphatic rings. The first kappa shape index (κ1) is 21.5. The lowest BCUT2D eigenvalue weighted by Crippen LogP contribution is -2.42. The summed E-state index contributed by atoms with van der Waals surface area (Å²) in [4.78, 5) is 28.2. The molecule has 1 amide bonds. The number of para-hydroxylation sites is 1. The second-order valence-electron chi connectivity index (χ2n) is 8.52. The third-order valence-corrected chi connectivity index (χ3v) is 6.70. The fourth-order valence-electron chi connectivity index (χ4n) is 4.92. The summed E-state index contributed by atoms with van der Waals surface area (Å²) in [7, 11) is 0. The molecule has 2 fully saturated rings. The number of benzene rings is 1. The van der Waals surface area contributed by atoms with Crippen LogP contribution >= 0.6 is 12.4 Å². The smallest absolute Gasteiger partial charge is 0.277 e. The highest BCUT2D eigenvalue weighted by atomic mass is 35.5. The van der Waals surface area contributed by atoms with Crippen LogP contribution < -0.4 is 10.4 Å². The van der Waals surface area contributed by atoms with E-state index in [2.05, 4.69) is 55.2 Å². The SMILES string of the molecule is Cl.O=C(NO)c1cnc(N2CCC3(CCN(Cc4c[nH]c5ccccc45)C3)CC2)nc1. The van der Waals surface area contributed by atoms with Crippen LogP contribution in [-0.4, -0.2) is 57.1 Å². The molecule has 0 atom stereocenters. The molecule has 8 nitrogen and oxygen atoms in total. The molecule has 2 saturated heterocycles. The van der Waals surface area contributed by atoms with Crippen LogP contribution in [0.2, 0.25) is 0 Å². The highest BCUT2D eigenvalue weighted by Gasteiger charge is 2.40. The molecular formula is C22H27ClN6O2. The Labute approximate surface area is 187 Å². The van der Waals surface area contributed by atoms with E-state index < -0.39 is 5.91 Å². The quantitative estimate of drug-likeness (QED) is 0.424. The van der Waals surface area contributed by atoms with Crippen molar-refractivity contribution in [2.45, 2.75) is 25.8 Å². The van der Waals surface area contributed by atoms with E-state index in [0.717, 1.165) is 45.6 Å². The summed E-state index contributed by atoms with van der Waals surface area (Å²) in [6.07, 6.45) is 8.54. The van der Waals surface area contributed by atoms with Gasteiger partial charge in [-0.05, 0) is 42.9 Å². The van der Waals surface area contributed by atoms with Crippen LogP contribution in [0.25, 0.3) is 10.9 Å². The molecule has 31 heavy (non-hydrogen) atoms. The lowest BCUT2D eigenvalue weighted by molar-refractivity contribution is 0.0705. The van der Waals surface area contributed by atoms with Crippen molar-refractivity contribution in [1.82, 2.24) is 25.3 Å². The Morgan fingerprint density at radius 2 is 1.84 bits per heavy atom. The summed E-state index contributed by atoms with van der Waals surface area (Å²) in [6.45, 7) is 5.11. The van der Waals surface area contributed by atoms with Gasteiger partial charge < -0.3 is 9.88 Å². The number of carbonyl (C=O) groups is 1. The van der Waals surface area contributed by atoms with Crippen molar-refractivity contribution in [3.8, 4) is 0 Å². The fourth-order valence-corrected chi connectivity index (χ4v) is 4.92.